The molecule has 2 N–H and O–H groups in total. The van der Waals surface area contributed by atoms with E-state index in [4.69, 9.17) is 12.2 Å². The van der Waals surface area contributed by atoms with Crippen LogP contribution >= 0.6 is 12.2 Å². The van der Waals surface area contributed by atoms with Gasteiger partial charge in [0.2, 0.25) is 0 Å². The molecule has 1 heterocycles. The van der Waals surface area contributed by atoms with Crippen LogP contribution < -0.4 is 10.9 Å². The van der Waals surface area contributed by atoms with Crippen LogP contribution in [0, 0.1) is 13.8 Å². The molecule has 2 aromatic carbocycles. The average Bonchev–Trinajstić information content (AvgIpc) is 2.73. The number of fused-ring (bicyclic) bond motifs is 1. The Morgan fingerprint density at radius 3 is 2.42 bits per heavy atom. The molecule has 3 rings (SSSR count). The van der Waals surface area contributed by atoms with E-state index in [0.29, 0.717) is 17.2 Å². The van der Waals surface area contributed by atoms with E-state index >= 15 is 0 Å². The lowest BCUT2D eigenvalue weighted by Gasteiger charge is -2.29. The highest BCUT2D eigenvalue weighted by Gasteiger charge is 2.16. The number of nitrogens with zero attached hydrogens (tertiary/aromatic N) is 2. The summed E-state index contributed by atoms with van der Waals surface area (Å²) in [7, 11) is 4.07. The molecule has 0 spiro atoms. The van der Waals surface area contributed by atoms with Crippen molar-refractivity contribution in [2.45, 2.75) is 33.4 Å². The zero-order chi connectivity index (χ0) is 22.5. The van der Waals surface area contributed by atoms with E-state index in [2.05, 4.69) is 59.1 Å². The maximum Gasteiger partial charge on any atom is 0.253 e. The molecule has 0 unspecified atom stereocenters. The van der Waals surface area contributed by atoms with Crippen LogP contribution in [0.4, 0.5) is 0 Å². The van der Waals surface area contributed by atoms with Crippen LogP contribution in [-0.4, -0.2) is 47.1 Å². The number of H-pyrrole nitrogens is 1. The van der Waals surface area contributed by atoms with E-state index in [1.54, 1.807) is 0 Å². The van der Waals surface area contributed by atoms with E-state index in [1.807, 2.05) is 44.4 Å². The molecule has 0 amide bonds. The Hall–Kier alpha value is -2.70. The lowest BCUT2D eigenvalue weighted by atomic mass is 10.0. The van der Waals surface area contributed by atoms with Gasteiger partial charge in [0.25, 0.3) is 5.56 Å². The molecule has 0 radical (unpaired) electrons. The normalized spacial score (nSPS) is 12.2. The first-order valence-electron chi connectivity index (χ1n) is 10.6. The van der Waals surface area contributed by atoms with E-state index in [9.17, 15) is 4.79 Å². The number of hydrogen-bond donors (Lipinski definition) is 2. The average molecular weight is 437 g/mol. The van der Waals surface area contributed by atoms with Crippen molar-refractivity contribution in [1.29, 1.82) is 0 Å². The predicted molar refractivity (Wildman–Crippen MR) is 134 cm³/mol. The van der Waals surface area contributed by atoms with Crippen molar-refractivity contribution < 1.29 is 0 Å². The Labute approximate surface area is 190 Å². The molecule has 164 valence electrons. The Kier molecular flexibility index (Phi) is 7.46. The highest BCUT2D eigenvalue weighted by atomic mass is 32.1. The SMILES string of the molecule is Cc1cc2cc(CN(CCN(C)C)C(=S)N[C@@H](C)c3ccccc3)c(=O)[nH]c2cc1C. The van der Waals surface area contributed by atoms with E-state index in [1.165, 1.54) is 16.7 Å². The smallest absolute Gasteiger partial charge is 0.253 e. The second-order valence-electron chi connectivity index (χ2n) is 8.45. The molecule has 0 bridgehead atoms. The lowest BCUT2D eigenvalue weighted by molar-refractivity contribution is 0.320. The van der Waals surface area contributed by atoms with Gasteiger partial charge in [0, 0.05) is 24.2 Å². The number of nitrogens with one attached hydrogen (secondary N) is 2. The van der Waals surface area contributed by atoms with Crippen LogP contribution in [0.2, 0.25) is 0 Å². The summed E-state index contributed by atoms with van der Waals surface area (Å²) in [5, 5.41) is 5.13. The molecule has 6 heteroatoms. The molecule has 3 aromatic rings. The number of rotatable bonds is 7. The largest absolute Gasteiger partial charge is 0.356 e. The summed E-state index contributed by atoms with van der Waals surface area (Å²) in [5.74, 6) is 0. The third kappa shape index (κ3) is 5.93. The molecule has 0 aliphatic carbocycles. The first kappa shape index (κ1) is 23.0. The van der Waals surface area contributed by atoms with Crippen molar-refractivity contribution in [2.75, 3.05) is 27.2 Å². The third-order valence-electron chi connectivity index (χ3n) is 5.64. The Morgan fingerprint density at radius 2 is 1.74 bits per heavy atom. The fraction of sp³-hybridized carbons (Fsp3) is 0.360. The van der Waals surface area contributed by atoms with Gasteiger partial charge in [-0.05, 0) is 87.4 Å². The van der Waals surface area contributed by atoms with Gasteiger partial charge in [0.15, 0.2) is 5.11 Å². The lowest BCUT2D eigenvalue weighted by Crippen LogP contribution is -2.44. The summed E-state index contributed by atoms with van der Waals surface area (Å²) in [6.07, 6.45) is 0. The molecule has 5 nitrogen and oxygen atoms in total. The van der Waals surface area contributed by atoms with E-state index in [-0.39, 0.29) is 11.6 Å². The summed E-state index contributed by atoms with van der Waals surface area (Å²) < 4.78 is 0. The van der Waals surface area contributed by atoms with Gasteiger partial charge in [-0.25, -0.2) is 0 Å². The van der Waals surface area contributed by atoms with Crippen molar-refractivity contribution in [3.05, 3.63) is 81.1 Å². The number of hydrogen-bond acceptors (Lipinski definition) is 3. The fourth-order valence-corrected chi connectivity index (χ4v) is 3.85. The molecule has 0 saturated heterocycles. The second kappa shape index (κ2) is 10.1. The number of likely N-dealkylation sites (N-methyl/N-ethyl adjacent to an activating group) is 1. The first-order valence-corrected chi connectivity index (χ1v) is 11.0. The highest BCUT2D eigenvalue weighted by Crippen LogP contribution is 2.18. The van der Waals surface area contributed by atoms with Crippen LogP contribution in [0.15, 0.2) is 53.3 Å². The maximum absolute atomic E-state index is 12.8. The van der Waals surface area contributed by atoms with Gasteiger partial charge >= 0.3 is 0 Å². The van der Waals surface area contributed by atoms with Crippen molar-refractivity contribution in [3.8, 4) is 0 Å². The molecule has 0 aliphatic heterocycles. The Morgan fingerprint density at radius 1 is 1.06 bits per heavy atom. The van der Waals surface area contributed by atoms with Gasteiger partial charge in [0.1, 0.15) is 0 Å². The third-order valence-corrected chi connectivity index (χ3v) is 6.02. The minimum absolute atomic E-state index is 0.0653. The second-order valence-corrected chi connectivity index (χ2v) is 8.84. The van der Waals surface area contributed by atoms with Crippen LogP contribution in [0.1, 0.15) is 35.2 Å². The van der Waals surface area contributed by atoms with E-state index in [0.717, 1.165) is 24.0 Å². The van der Waals surface area contributed by atoms with Crippen molar-refractivity contribution in [1.82, 2.24) is 20.1 Å². The highest BCUT2D eigenvalue weighted by molar-refractivity contribution is 7.80. The molecule has 1 atom stereocenters. The number of aryl methyl sites for hydroxylation is 2. The molecule has 1 aromatic heterocycles. The molecule has 0 saturated carbocycles. The number of aromatic nitrogens is 1. The van der Waals surface area contributed by atoms with Gasteiger partial charge in [-0.15, -0.1) is 0 Å². The van der Waals surface area contributed by atoms with Crippen LogP contribution in [0.25, 0.3) is 10.9 Å². The number of benzene rings is 2. The quantitative estimate of drug-likeness (QED) is 0.545. The van der Waals surface area contributed by atoms with Crippen molar-refractivity contribution in [3.63, 3.8) is 0 Å². The maximum atomic E-state index is 12.8. The monoisotopic (exact) mass is 436 g/mol. The predicted octanol–water partition coefficient (Wildman–Crippen LogP) is 4.14. The minimum Gasteiger partial charge on any atom is -0.356 e. The summed E-state index contributed by atoms with van der Waals surface area (Å²) in [4.78, 5) is 20.1. The number of thiocarbonyl (C=S) groups is 1. The van der Waals surface area contributed by atoms with Gasteiger partial charge in [-0.3, -0.25) is 4.79 Å². The first-order chi connectivity index (χ1) is 14.7. The summed E-state index contributed by atoms with van der Waals surface area (Å²) in [6.45, 7) is 8.27. The minimum atomic E-state index is -0.0653. The molecule has 31 heavy (non-hydrogen) atoms. The number of pyridine rings is 1. The standard InChI is InChI=1S/C25H32N4OS/c1-17-13-21-15-22(24(30)27-23(21)14-18(17)2)16-29(12-11-28(4)5)25(31)26-19(3)20-9-7-6-8-10-20/h6-10,13-15,19H,11-12,16H2,1-5H3,(H,26,31)(H,27,30)/t19-/m0/s1. The summed E-state index contributed by atoms with van der Waals surface area (Å²) >= 11 is 5.76. The zero-order valence-electron chi connectivity index (χ0n) is 19.0. The van der Waals surface area contributed by atoms with Crippen LogP contribution in [0.5, 0.6) is 0 Å². The Bertz CT molecular complexity index is 1110. The molecule has 0 aliphatic rings. The van der Waals surface area contributed by atoms with Crippen molar-refractivity contribution >= 4 is 28.2 Å². The summed E-state index contributed by atoms with van der Waals surface area (Å²) in [5.41, 5.74) is 5.07. The Balaban J connectivity index is 1.85. The topological polar surface area (TPSA) is 51.4 Å². The van der Waals surface area contributed by atoms with E-state index < -0.39 is 0 Å². The molecule has 0 fully saturated rings. The fourth-order valence-electron chi connectivity index (χ4n) is 3.52. The van der Waals surface area contributed by atoms with Gasteiger partial charge in [-0.2, -0.15) is 0 Å². The van der Waals surface area contributed by atoms with Crippen LogP contribution in [0.3, 0.4) is 0 Å². The van der Waals surface area contributed by atoms with Gasteiger partial charge in [0.05, 0.1) is 12.6 Å². The zero-order valence-corrected chi connectivity index (χ0v) is 19.8. The van der Waals surface area contributed by atoms with Gasteiger partial charge < -0.3 is 20.1 Å². The molecular weight excluding hydrogens is 404 g/mol. The van der Waals surface area contributed by atoms with Crippen LogP contribution in [-0.2, 0) is 6.54 Å². The number of aromatic amines is 1. The molecular formula is C25H32N4OS. The van der Waals surface area contributed by atoms with Crippen molar-refractivity contribution in [2.24, 2.45) is 0 Å². The summed E-state index contributed by atoms with van der Waals surface area (Å²) in [6, 6.07) is 16.5. The van der Waals surface area contributed by atoms with Gasteiger partial charge in [-0.1, -0.05) is 30.3 Å².